The molecule has 2 heterocycles. The molecular weight excluding hydrogens is 719 g/mol. The van der Waals surface area contributed by atoms with Crippen molar-refractivity contribution in [3.63, 3.8) is 0 Å². The molecule has 0 spiro atoms. The summed E-state index contributed by atoms with van der Waals surface area (Å²) in [7, 11) is 0. The molecule has 0 aromatic carbocycles. The van der Waals surface area contributed by atoms with Gasteiger partial charge in [-0.15, -0.1) is 11.6 Å². The molecule has 2 aliphatic heterocycles. The standard InChI is InChI=1S/C16H23ClO10.C14H19FO9/c1-8(18)23-7-12-13(24-9(2)19)14(25-10(3)20)15(26-11(4)21)16(27-12)22-6-5-17;1-6(16)20-5-10-11(21-7(2)17)12(22-8(3)18)13(14(15)24-10)23-9(4)19/h12-16H,5-7H2,1-4H3;10-14H,5H2,1-4H3. The van der Waals surface area contributed by atoms with Crippen LogP contribution in [0, 0.1) is 0 Å². The normalized spacial score (nSPS) is 28.3. The fourth-order valence-electron chi connectivity index (χ4n) is 4.66. The van der Waals surface area contributed by atoms with Gasteiger partial charge in [-0.25, -0.2) is 4.39 Å². The van der Waals surface area contributed by atoms with Crippen molar-refractivity contribution in [3.8, 4) is 0 Å². The summed E-state index contributed by atoms with van der Waals surface area (Å²) in [6, 6.07) is 0. The molecule has 10 atom stereocenters. The fraction of sp³-hybridized carbons (Fsp3) is 0.733. The number of hydrogen-bond donors (Lipinski definition) is 0. The molecule has 51 heavy (non-hydrogen) atoms. The van der Waals surface area contributed by atoms with Gasteiger partial charge in [0.2, 0.25) is 6.36 Å². The average Bonchev–Trinajstić information content (AvgIpc) is 2.99. The van der Waals surface area contributed by atoms with Crippen molar-refractivity contribution in [2.24, 2.45) is 0 Å². The lowest BCUT2D eigenvalue weighted by Gasteiger charge is -2.44. The minimum atomic E-state index is -2.18. The number of ether oxygens (including phenoxy) is 11. The quantitative estimate of drug-likeness (QED) is 0.140. The molecule has 21 heteroatoms. The highest BCUT2D eigenvalue weighted by molar-refractivity contribution is 6.17. The molecule has 2 rings (SSSR count). The Morgan fingerprint density at radius 2 is 0.824 bits per heavy atom. The van der Waals surface area contributed by atoms with Gasteiger partial charge in [-0.05, 0) is 0 Å². The summed E-state index contributed by atoms with van der Waals surface area (Å²) < 4.78 is 70.4. The molecule has 0 aromatic heterocycles. The van der Waals surface area contributed by atoms with Gasteiger partial charge in [0, 0.05) is 61.3 Å². The van der Waals surface area contributed by atoms with Gasteiger partial charge in [0.05, 0.1) is 6.61 Å². The Morgan fingerprint density at radius 3 is 1.20 bits per heavy atom. The van der Waals surface area contributed by atoms with E-state index in [0.717, 1.165) is 48.5 Å². The third-order valence-corrected chi connectivity index (χ3v) is 6.40. The molecule has 0 amide bonds. The van der Waals surface area contributed by atoms with E-state index in [0.29, 0.717) is 0 Å². The molecule has 2 saturated heterocycles. The highest BCUT2D eigenvalue weighted by Gasteiger charge is 2.54. The Balaban J connectivity index is 0.000000514. The van der Waals surface area contributed by atoms with E-state index in [1.165, 1.54) is 6.92 Å². The van der Waals surface area contributed by atoms with Crippen LogP contribution in [0.4, 0.5) is 4.39 Å². The number of carbonyl (C=O) groups is 8. The molecule has 290 valence electrons. The van der Waals surface area contributed by atoms with Crippen molar-refractivity contribution < 1.29 is 94.9 Å². The smallest absolute Gasteiger partial charge is 0.303 e. The maximum absolute atomic E-state index is 14.2. The summed E-state index contributed by atoms with van der Waals surface area (Å²) in [5.41, 5.74) is 0. The number of alkyl halides is 2. The van der Waals surface area contributed by atoms with Gasteiger partial charge >= 0.3 is 47.8 Å². The van der Waals surface area contributed by atoms with Gasteiger partial charge in [0.25, 0.3) is 0 Å². The van der Waals surface area contributed by atoms with E-state index < -0.39 is 116 Å². The molecule has 10 unspecified atom stereocenters. The number of hydrogen-bond acceptors (Lipinski definition) is 19. The fourth-order valence-corrected chi connectivity index (χ4v) is 4.75. The van der Waals surface area contributed by atoms with Crippen molar-refractivity contribution >= 4 is 59.4 Å². The van der Waals surface area contributed by atoms with Crippen LogP contribution in [0.25, 0.3) is 0 Å². The lowest BCUT2D eigenvalue weighted by molar-refractivity contribution is -0.307. The largest absolute Gasteiger partial charge is 0.463 e. The number of halogens is 2. The summed E-state index contributed by atoms with van der Waals surface area (Å²) >= 11 is 5.62. The van der Waals surface area contributed by atoms with E-state index in [4.69, 9.17) is 63.7 Å². The number of esters is 8. The lowest BCUT2D eigenvalue weighted by Crippen LogP contribution is -2.63. The van der Waals surface area contributed by atoms with Crippen molar-refractivity contribution in [2.45, 2.75) is 117 Å². The number of rotatable bonds is 13. The molecule has 0 bridgehead atoms. The molecule has 0 N–H and O–H groups in total. The zero-order valence-electron chi connectivity index (χ0n) is 29.1. The Labute approximate surface area is 296 Å². The van der Waals surface area contributed by atoms with Crippen molar-refractivity contribution in [1.82, 2.24) is 0 Å². The second-order valence-corrected chi connectivity index (χ2v) is 11.1. The Bertz CT molecular complexity index is 1250. The van der Waals surface area contributed by atoms with Crippen molar-refractivity contribution in [3.05, 3.63) is 0 Å². The van der Waals surface area contributed by atoms with Gasteiger partial charge in [-0.1, -0.05) is 0 Å². The van der Waals surface area contributed by atoms with Crippen LogP contribution in [-0.2, 0) is 90.5 Å². The average molecular weight is 761 g/mol. The summed E-state index contributed by atoms with van der Waals surface area (Å²) in [5, 5.41) is 0. The van der Waals surface area contributed by atoms with E-state index in [9.17, 15) is 42.7 Å². The first-order chi connectivity index (χ1) is 23.8. The van der Waals surface area contributed by atoms with Crippen LogP contribution in [0.5, 0.6) is 0 Å². The van der Waals surface area contributed by atoms with Crippen LogP contribution in [-0.4, -0.2) is 135 Å². The first-order valence-electron chi connectivity index (χ1n) is 15.2. The molecule has 2 aliphatic rings. The van der Waals surface area contributed by atoms with Crippen LogP contribution in [0.1, 0.15) is 55.4 Å². The highest BCUT2D eigenvalue weighted by Crippen LogP contribution is 2.31. The third-order valence-electron chi connectivity index (χ3n) is 6.24. The van der Waals surface area contributed by atoms with E-state index in [2.05, 4.69) is 0 Å². The first-order valence-corrected chi connectivity index (χ1v) is 15.7. The Hall–Kier alpha value is -4.14. The highest BCUT2D eigenvalue weighted by atomic mass is 35.5. The maximum Gasteiger partial charge on any atom is 0.303 e. The third kappa shape index (κ3) is 16.2. The second-order valence-electron chi connectivity index (χ2n) is 10.7. The van der Waals surface area contributed by atoms with E-state index in [-0.39, 0.29) is 19.1 Å². The van der Waals surface area contributed by atoms with Crippen molar-refractivity contribution in [2.75, 3.05) is 25.7 Å². The topological polar surface area (TPSA) is 238 Å². The molecule has 19 nitrogen and oxygen atoms in total. The summed E-state index contributed by atoms with van der Waals surface area (Å²) in [6.45, 7) is 8.20. The van der Waals surface area contributed by atoms with E-state index in [1.807, 2.05) is 0 Å². The maximum atomic E-state index is 14.2. The molecule has 0 saturated carbocycles. The van der Waals surface area contributed by atoms with Crippen LogP contribution < -0.4 is 0 Å². The van der Waals surface area contributed by atoms with E-state index >= 15 is 0 Å². The van der Waals surface area contributed by atoms with Gasteiger partial charge < -0.3 is 52.1 Å². The van der Waals surface area contributed by atoms with Crippen LogP contribution in [0.3, 0.4) is 0 Å². The van der Waals surface area contributed by atoms with Gasteiger partial charge in [-0.2, -0.15) is 0 Å². The summed E-state index contributed by atoms with van der Waals surface area (Å²) in [6.07, 6.45) is -13.7. The van der Waals surface area contributed by atoms with Crippen LogP contribution in [0.2, 0.25) is 0 Å². The zero-order chi connectivity index (χ0) is 39.0. The van der Waals surface area contributed by atoms with Crippen LogP contribution in [0.15, 0.2) is 0 Å². The second kappa shape index (κ2) is 21.9. The van der Waals surface area contributed by atoms with E-state index in [1.54, 1.807) is 0 Å². The SMILES string of the molecule is CC(=O)OCC1OC(F)C(OC(C)=O)C(OC(C)=O)C1OC(C)=O.CC(=O)OCC1OC(OCCCl)C(OC(C)=O)C(OC(C)=O)C1OC(C)=O. The minimum absolute atomic E-state index is 0.0370. The van der Waals surface area contributed by atoms with Gasteiger partial charge in [-0.3, -0.25) is 38.4 Å². The molecule has 0 aliphatic carbocycles. The minimum Gasteiger partial charge on any atom is -0.463 e. The predicted octanol–water partition coefficient (Wildman–Crippen LogP) is 0.364. The lowest BCUT2D eigenvalue weighted by atomic mass is 9.98. The Morgan fingerprint density at radius 1 is 0.490 bits per heavy atom. The van der Waals surface area contributed by atoms with Crippen LogP contribution >= 0.6 is 11.6 Å². The Kier molecular flexibility index (Phi) is 19.3. The predicted molar refractivity (Wildman–Crippen MR) is 162 cm³/mol. The summed E-state index contributed by atoms with van der Waals surface area (Å²) in [4.78, 5) is 90.5. The van der Waals surface area contributed by atoms with Gasteiger partial charge in [0.15, 0.2) is 42.9 Å². The first kappa shape index (κ1) is 44.9. The number of carbonyl (C=O) groups excluding carboxylic acids is 8. The molecule has 2 fully saturated rings. The van der Waals surface area contributed by atoms with Crippen molar-refractivity contribution in [1.29, 1.82) is 0 Å². The molecule has 0 radical (unpaired) electrons. The van der Waals surface area contributed by atoms with Gasteiger partial charge in [0.1, 0.15) is 25.4 Å². The molecule has 0 aromatic rings. The monoisotopic (exact) mass is 760 g/mol. The zero-order valence-corrected chi connectivity index (χ0v) is 29.9. The molecular formula is C30H42ClFO19. The summed E-state index contributed by atoms with van der Waals surface area (Å²) in [5.74, 6) is -5.67.